The number of aryl methyl sites for hydroxylation is 2. The first kappa shape index (κ1) is 20.4. The highest BCUT2D eigenvalue weighted by atomic mass is 19.2. The predicted molar refractivity (Wildman–Crippen MR) is 101 cm³/mol. The lowest BCUT2D eigenvalue weighted by Crippen LogP contribution is -2.40. The number of carbonyl (C=O) groups is 1. The van der Waals surface area contributed by atoms with Gasteiger partial charge in [-0.3, -0.25) is 9.59 Å². The van der Waals surface area contributed by atoms with E-state index < -0.39 is 11.6 Å². The van der Waals surface area contributed by atoms with E-state index in [9.17, 15) is 18.4 Å². The van der Waals surface area contributed by atoms with E-state index in [1.54, 1.807) is 13.8 Å². The number of carbonyl (C=O) groups excluding carboxylic acids is 1. The summed E-state index contributed by atoms with van der Waals surface area (Å²) in [6.07, 6.45) is 0.540. The minimum absolute atomic E-state index is 0.113. The molecule has 0 radical (unpaired) electrons. The standard InChI is InChI=1S/C20H20F2N4O3/c1-4-14(23-20(28)19-11(2)25-29-12(19)3)10-26-18(27)8-7-17(24-26)13-5-6-15(21)16(22)9-13/h5-9,14H,4,10H2,1-3H3,(H,23,28)/t14-/m1/s1. The van der Waals surface area contributed by atoms with Crippen molar-refractivity contribution in [3.05, 3.63) is 69.3 Å². The van der Waals surface area contributed by atoms with Crippen LogP contribution in [0, 0.1) is 25.5 Å². The molecule has 0 saturated heterocycles. The molecule has 0 aliphatic heterocycles. The van der Waals surface area contributed by atoms with Gasteiger partial charge in [-0.1, -0.05) is 12.1 Å². The summed E-state index contributed by atoms with van der Waals surface area (Å²) in [6.45, 7) is 5.29. The lowest BCUT2D eigenvalue weighted by molar-refractivity contribution is 0.0928. The van der Waals surface area contributed by atoms with Crippen molar-refractivity contribution in [2.45, 2.75) is 39.8 Å². The second-order valence-electron chi connectivity index (χ2n) is 6.65. The van der Waals surface area contributed by atoms with Crippen LogP contribution in [0.5, 0.6) is 0 Å². The van der Waals surface area contributed by atoms with Crippen molar-refractivity contribution in [2.75, 3.05) is 0 Å². The lowest BCUT2D eigenvalue weighted by Gasteiger charge is -2.18. The highest BCUT2D eigenvalue weighted by Crippen LogP contribution is 2.18. The minimum Gasteiger partial charge on any atom is -0.361 e. The van der Waals surface area contributed by atoms with Crippen LogP contribution in [0.4, 0.5) is 8.78 Å². The SMILES string of the molecule is CC[C@H](Cn1nc(-c2ccc(F)c(F)c2)ccc1=O)NC(=O)c1c(C)noc1C. The first-order valence-electron chi connectivity index (χ1n) is 9.07. The van der Waals surface area contributed by atoms with Crippen LogP contribution in [-0.2, 0) is 6.54 Å². The average Bonchev–Trinajstić information content (AvgIpc) is 3.03. The number of hydrogen-bond donors (Lipinski definition) is 1. The van der Waals surface area contributed by atoms with E-state index in [0.717, 1.165) is 12.1 Å². The second-order valence-corrected chi connectivity index (χ2v) is 6.65. The van der Waals surface area contributed by atoms with Crippen molar-refractivity contribution < 1.29 is 18.1 Å². The predicted octanol–water partition coefficient (Wildman–Crippen LogP) is 3.00. The van der Waals surface area contributed by atoms with Crippen LogP contribution in [-0.4, -0.2) is 26.9 Å². The molecule has 3 aromatic rings. The molecular formula is C20H20F2N4O3. The van der Waals surface area contributed by atoms with Crippen LogP contribution in [0.1, 0.15) is 35.2 Å². The molecule has 1 N–H and O–H groups in total. The fraction of sp³-hybridized carbons (Fsp3) is 0.300. The topological polar surface area (TPSA) is 90.0 Å². The quantitative estimate of drug-likeness (QED) is 0.685. The van der Waals surface area contributed by atoms with Gasteiger partial charge in [-0.05, 0) is 44.5 Å². The Morgan fingerprint density at radius 3 is 2.59 bits per heavy atom. The third-order valence-corrected chi connectivity index (χ3v) is 4.56. The van der Waals surface area contributed by atoms with Gasteiger partial charge in [0.05, 0.1) is 17.9 Å². The largest absolute Gasteiger partial charge is 0.361 e. The van der Waals surface area contributed by atoms with Gasteiger partial charge in [0.25, 0.3) is 11.5 Å². The van der Waals surface area contributed by atoms with E-state index in [4.69, 9.17) is 4.52 Å². The molecule has 2 aromatic heterocycles. The molecule has 3 rings (SSSR count). The molecule has 0 spiro atoms. The van der Waals surface area contributed by atoms with E-state index in [1.807, 2.05) is 6.92 Å². The Hall–Kier alpha value is -3.36. The summed E-state index contributed by atoms with van der Waals surface area (Å²) in [6, 6.07) is 5.75. The molecule has 0 aliphatic carbocycles. The third kappa shape index (κ3) is 4.39. The Kier molecular flexibility index (Phi) is 5.86. The van der Waals surface area contributed by atoms with Crippen molar-refractivity contribution in [3.8, 4) is 11.3 Å². The summed E-state index contributed by atoms with van der Waals surface area (Å²) in [5.41, 5.74) is 1.12. The zero-order valence-electron chi connectivity index (χ0n) is 16.2. The van der Waals surface area contributed by atoms with Gasteiger partial charge in [-0.15, -0.1) is 0 Å². The Bertz CT molecular complexity index is 1090. The summed E-state index contributed by atoms with van der Waals surface area (Å²) in [5, 5.41) is 10.9. The molecule has 152 valence electrons. The normalized spacial score (nSPS) is 12.0. The third-order valence-electron chi connectivity index (χ3n) is 4.56. The Labute approximate surface area is 165 Å². The fourth-order valence-corrected chi connectivity index (χ4v) is 2.94. The fourth-order valence-electron chi connectivity index (χ4n) is 2.94. The van der Waals surface area contributed by atoms with Crippen molar-refractivity contribution in [1.82, 2.24) is 20.3 Å². The minimum atomic E-state index is -1.000. The van der Waals surface area contributed by atoms with Crippen molar-refractivity contribution >= 4 is 5.91 Å². The number of benzene rings is 1. The van der Waals surface area contributed by atoms with Gasteiger partial charge in [0.2, 0.25) is 0 Å². The molecule has 9 heteroatoms. The van der Waals surface area contributed by atoms with Gasteiger partial charge in [-0.25, -0.2) is 13.5 Å². The summed E-state index contributed by atoms with van der Waals surface area (Å²) in [4.78, 5) is 24.8. The number of aromatic nitrogens is 3. The van der Waals surface area contributed by atoms with Crippen molar-refractivity contribution in [1.29, 1.82) is 0 Å². The second kappa shape index (κ2) is 8.34. The monoisotopic (exact) mass is 402 g/mol. The highest BCUT2D eigenvalue weighted by molar-refractivity contribution is 5.96. The van der Waals surface area contributed by atoms with E-state index in [2.05, 4.69) is 15.6 Å². The number of nitrogens with one attached hydrogen (secondary N) is 1. The van der Waals surface area contributed by atoms with Gasteiger partial charge < -0.3 is 9.84 Å². The first-order valence-corrected chi connectivity index (χ1v) is 9.07. The van der Waals surface area contributed by atoms with E-state index in [0.29, 0.717) is 34.7 Å². The summed E-state index contributed by atoms with van der Waals surface area (Å²) in [5.74, 6) is -1.90. The highest BCUT2D eigenvalue weighted by Gasteiger charge is 2.21. The van der Waals surface area contributed by atoms with Crippen LogP contribution >= 0.6 is 0 Å². The van der Waals surface area contributed by atoms with E-state index in [1.165, 1.54) is 22.9 Å². The van der Waals surface area contributed by atoms with Gasteiger partial charge in [0.1, 0.15) is 11.3 Å². The molecule has 0 saturated carbocycles. The molecule has 1 amide bonds. The van der Waals surface area contributed by atoms with Gasteiger partial charge in [0.15, 0.2) is 11.6 Å². The number of amides is 1. The summed E-state index contributed by atoms with van der Waals surface area (Å²) >= 11 is 0. The smallest absolute Gasteiger partial charge is 0.266 e. The number of rotatable bonds is 6. The molecule has 0 unspecified atom stereocenters. The zero-order valence-corrected chi connectivity index (χ0v) is 16.2. The molecule has 0 fully saturated rings. The van der Waals surface area contributed by atoms with Crippen LogP contribution in [0.15, 0.2) is 39.6 Å². The number of nitrogens with zero attached hydrogens (tertiary/aromatic N) is 3. The number of halogens is 2. The Balaban J connectivity index is 1.83. The van der Waals surface area contributed by atoms with Crippen molar-refractivity contribution in [2.24, 2.45) is 0 Å². The van der Waals surface area contributed by atoms with Crippen LogP contribution in [0.2, 0.25) is 0 Å². The van der Waals surface area contributed by atoms with Gasteiger partial charge >= 0.3 is 0 Å². The van der Waals surface area contributed by atoms with Crippen LogP contribution < -0.4 is 10.9 Å². The maximum Gasteiger partial charge on any atom is 0.266 e. The molecule has 29 heavy (non-hydrogen) atoms. The molecule has 1 atom stereocenters. The molecule has 2 heterocycles. The lowest BCUT2D eigenvalue weighted by atomic mass is 10.1. The molecular weight excluding hydrogens is 382 g/mol. The Morgan fingerprint density at radius 1 is 1.21 bits per heavy atom. The maximum absolute atomic E-state index is 13.5. The van der Waals surface area contributed by atoms with E-state index >= 15 is 0 Å². The van der Waals surface area contributed by atoms with Crippen LogP contribution in [0.25, 0.3) is 11.3 Å². The van der Waals surface area contributed by atoms with Gasteiger partial charge in [-0.2, -0.15) is 5.10 Å². The molecule has 1 aromatic carbocycles. The van der Waals surface area contributed by atoms with Crippen LogP contribution in [0.3, 0.4) is 0 Å². The Morgan fingerprint density at radius 2 is 1.97 bits per heavy atom. The number of hydrogen-bond acceptors (Lipinski definition) is 5. The summed E-state index contributed by atoms with van der Waals surface area (Å²) in [7, 11) is 0. The molecule has 0 aliphatic rings. The molecule has 0 bridgehead atoms. The van der Waals surface area contributed by atoms with E-state index in [-0.39, 0.29) is 24.1 Å². The maximum atomic E-state index is 13.5. The van der Waals surface area contributed by atoms with Crippen molar-refractivity contribution in [3.63, 3.8) is 0 Å². The van der Waals surface area contributed by atoms with Gasteiger partial charge in [0, 0.05) is 17.7 Å². The zero-order chi connectivity index (χ0) is 21.1. The summed E-state index contributed by atoms with van der Waals surface area (Å²) < 4.78 is 32.9. The average molecular weight is 402 g/mol. The first-order chi connectivity index (χ1) is 13.8. The molecule has 7 nitrogen and oxygen atoms in total.